The average molecular weight is 542 g/mol. The maximum absolute atomic E-state index is 14.4. The SMILES string of the molecule is CC(O)(N(Cc1ccc(C(F)(F)F)cc1F)c1cccc(Oc2ccnc(C(F)(F)F)c2)c1)C(F)(F)F. The molecule has 4 nitrogen and oxygen atoms in total. The van der Waals surface area contributed by atoms with Crippen molar-refractivity contribution in [1.82, 2.24) is 4.98 Å². The number of hydrogen-bond donors (Lipinski definition) is 1. The minimum absolute atomic E-state index is 0.108. The second-order valence-electron chi connectivity index (χ2n) is 7.88. The maximum atomic E-state index is 14.4. The summed E-state index contributed by atoms with van der Waals surface area (Å²) in [5.74, 6) is -2.09. The summed E-state index contributed by atoms with van der Waals surface area (Å²) < 4.78 is 138. The van der Waals surface area contributed by atoms with Crippen LogP contribution in [0.1, 0.15) is 23.7 Å². The molecule has 0 fully saturated rings. The first-order chi connectivity index (χ1) is 16.9. The van der Waals surface area contributed by atoms with Crippen molar-refractivity contribution in [2.45, 2.75) is 37.7 Å². The molecule has 1 N–H and O–H groups in total. The Morgan fingerprint density at radius 3 is 2.05 bits per heavy atom. The Kier molecular flexibility index (Phi) is 7.37. The van der Waals surface area contributed by atoms with Gasteiger partial charge in [0.05, 0.1) is 5.56 Å². The van der Waals surface area contributed by atoms with Crippen molar-refractivity contribution < 1.29 is 53.7 Å². The van der Waals surface area contributed by atoms with Gasteiger partial charge >= 0.3 is 18.5 Å². The predicted octanol–water partition coefficient (Wildman–Crippen LogP) is 7.33. The van der Waals surface area contributed by atoms with E-state index in [-0.39, 0.29) is 22.5 Å². The molecule has 1 aromatic heterocycles. The van der Waals surface area contributed by atoms with Crippen LogP contribution in [-0.4, -0.2) is 22.0 Å². The highest BCUT2D eigenvalue weighted by Gasteiger charge is 2.54. The minimum atomic E-state index is -5.32. The molecule has 3 aromatic rings. The smallest absolute Gasteiger partial charge is 0.436 e. The fraction of sp³-hybridized carbons (Fsp3) is 0.261. The third-order valence-electron chi connectivity index (χ3n) is 5.16. The number of aromatic nitrogens is 1. The number of hydrogen-bond acceptors (Lipinski definition) is 4. The number of pyridine rings is 1. The number of halogens is 10. The lowest BCUT2D eigenvalue weighted by molar-refractivity contribution is -0.253. The van der Waals surface area contributed by atoms with E-state index in [0.717, 1.165) is 30.5 Å². The summed E-state index contributed by atoms with van der Waals surface area (Å²) in [6, 6.07) is 7.15. The molecular weight excluding hydrogens is 526 g/mol. The number of aliphatic hydroxyl groups is 1. The second-order valence-corrected chi connectivity index (χ2v) is 7.88. The van der Waals surface area contributed by atoms with Gasteiger partial charge < -0.3 is 14.7 Å². The van der Waals surface area contributed by atoms with Gasteiger partial charge in [-0.15, -0.1) is 0 Å². The van der Waals surface area contributed by atoms with Crippen molar-refractivity contribution in [3.63, 3.8) is 0 Å². The number of anilines is 1. The van der Waals surface area contributed by atoms with Crippen molar-refractivity contribution in [1.29, 1.82) is 0 Å². The quantitative estimate of drug-likeness (QED) is 0.262. The third kappa shape index (κ3) is 6.42. The largest absolute Gasteiger partial charge is 0.457 e. The second kappa shape index (κ2) is 9.72. The van der Waals surface area contributed by atoms with Crippen molar-refractivity contribution in [2.24, 2.45) is 0 Å². The van der Waals surface area contributed by atoms with Gasteiger partial charge in [-0.1, -0.05) is 12.1 Å². The first-order valence-corrected chi connectivity index (χ1v) is 10.1. The van der Waals surface area contributed by atoms with Crippen LogP contribution in [0.3, 0.4) is 0 Å². The van der Waals surface area contributed by atoms with Crippen LogP contribution in [0, 0.1) is 5.82 Å². The van der Waals surface area contributed by atoms with Crippen LogP contribution in [0.15, 0.2) is 60.8 Å². The first-order valence-electron chi connectivity index (χ1n) is 10.1. The monoisotopic (exact) mass is 542 g/mol. The number of benzene rings is 2. The molecule has 0 aliphatic heterocycles. The van der Waals surface area contributed by atoms with Crippen LogP contribution in [-0.2, 0) is 18.9 Å². The van der Waals surface area contributed by atoms with Gasteiger partial charge in [-0.2, -0.15) is 39.5 Å². The molecule has 0 saturated heterocycles. The zero-order valence-corrected chi connectivity index (χ0v) is 18.5. The van der Waals surface area contributed by atoms with Gasteiger partial charge in [-0.05, 0) is 37.3 Å². The van der Waals surface area contributed by atoms with E-state index >= 15 is 0 Å². The molecule has 14 heteroatoms. The highest BCUT2D eigenvalue weighted by atomic mass is 19.4. The van der Waals surface area contributed by atoms with Crippen molar-refractivity contribution in [3.05, 3.63) is 83.4 Å². The Morgan fingerprint density at radius 1 is 0.838 bits per heavy atom. The summed E-state index contributed by atoms with van der Waals surface area (Å²) in [5, 5.41) is 10.3. The van der Waals surface area contributed by atoms with E-state index in [2.05, 4.69) is 4.98 Å². The average Bonchev–Trinajstić information content (AvgIpc) is 2.76. The standard InChI is InChI=1S/C23H16F10N2O2/c1-20(36,23(31,32)33)35(12-13-5-6-14(9-18(13)24)21(25,26)27)15-3-2-4-16(10-15)37-17-7-8-34-19(11-17)22(28,29)30/h2-11,36H,12H2,1H3. The minimum Gasteiger partial charge on any atom is -0.457 e. The fourth-order valence-electron chi connectivity index (χ4n) is 3.15. The Balaban J connectivity index is 2.01. The van der Waals surface area contributed by atoms with Crippen LogP contribution in [0.2, 0.25) is 0 Å². The van der Waals surface area contributed by atoms with E-state index in [9.17, 15) is 49.0 Å². The van der Waals surface area contributed by atoms with E-state index in [1.165, 1.54) is 6.07 Å². The van der Waals surface area contributed by atoms with Crippen molar-refractivity contribution in [2.75, 3.05) is 4.90 Å². The Hall–Kier alpha value is -3.55. The van der Waals surface area contributed by atoms with Crippen molar-refractivity contribution in [3.8, 4) is 11.5 Å². The molecule has 200 valence electrons. The highest BCUT2D eigenvalue weighted by molar-refractivity contribution is 5.54. The van der Waals surface area contributed by atoms with Crippen LogP contribution < -0.4 is 9.64 Å². The van der Waals surface area contributed by atoms with Gasteiger partial charge in [-0.25, -0.2) is 4.39 Å². The van der Waals surface area contributed by atoms with E-state index in [4.69, 9.17) is 4.74 Å². The summed E-state index contributed by atoms with van der Waals surface area (Å²) in [7, 11) is 0. The maximum Gasteiger partial charge on any atom is 0.436 e. The topological polar surface area (TPSA) is 45.6 Å². The third-order valence-corrected chi connectivity index (χ3v) is 5.16. The normalized spacial score (nSPS) is 14.3. The molecule has 0 amide bonds. The zero-order chi connectivity index (χ0) is 27.8. The van der Waals surface area contributed by atoms with Gasteiger partial charge in [-0.3, -0.25) is 4.98 Å². The molecular formula is C23H16F10N2O2. The van der Waals surface area contributed by atoms with Gasteiger partial charge in [0.2, 0.25) is 5.72 Å². The molecule has 0 aliphatic rings. The number of rotatable bonds is 6. The molecule has 1 unspecified atom stereocenters. The summed E-state index contributed by atoms with van der Waals surface area (Å²) in [6.07, 6.45) is -14.2. The van der Waals surface area contributed by atoms with Crippen LogP contribution in [0.5, 0.6) is 11.5 Å². The first kappa shape index (κ1) is 28.0. The molecule has 37 heavy (non-hydrogen) atoms. The van der Waals surface area contributed by atoms with E-state index < -0.39 is 59.1 Å². The fourth-order valence-corrected chi connectivity index (χ4v) is 3.15. The van der Waals surface area contributed by atoms with Gasteiger partial charge in [0.25, 0.3) is 0 Å². The molecule has 0 saturated carbocycles. The van der Waals surface area contributed by atoms with Gasteiger partial charge in [0.15, 0.2) is 0 Å². The molecule has 0 spiro atoms. The molecule has 0 bridgehead atoms. The predicted molar refractivity (Wildman–Crippen MR) is 110 cm³/mol. The number of nitrogens with zero attached hydrogens (tertiary/aromatic N) is 2. The molecule has 0 aliphatic carbocycles. The highest BCUT2D eigenvalue weighted by Crippen LogP contribution is 2.40. The Labute approximate surface area is 202 Å². The summed E-state index contributed by atoms with van der Waals surface area (Å²) >= 11 is 0. The van der Waals surface area contributed by atoms with Crippen LogP contribution in [0.4, 0.5) is 49.6 Å². The lowest BCUT2D eigenvalue weighted by atomic mass is 10.1. The van der Waals surface area contributed by atoms with Gasteiger partial charge in [0, 0.05) is 36.1 Å². The number of ether oxygens (including phenoxy) is 1. The van der Waals surface area contributed by atoms with Gasteiger partial charge in [0.1, 0.15) is 23.0 Å². The molecule has 0 radical (unpaired) electrons. The van der Waals surface area contributed by atoms with Crippen LogP contribution in [0.25, 0.3) is 0 Å². The summed E-state index contributed by atoms with van der Waals surface area (Å²) in [5.41, 5.74) is -7.34. The lowest BCUT2D eigenvalue weighted by Crippen LogP contribution is -2.57. The summed E-state index contributed by atoms with van der Waals surface area (Å²) in [4.78, 5) is 3.42. The Morgan fingerprint density at radius 2 is 1.49 bits per heavy atom. The van der Waals surface area contributed by atoms with E-state index in [1.54, 1.807) is 0 Å². The number of alkyl halides is 9. The zero-order valence-electron chi connectivity index (χ0n) is 18.5. The molecule has 1 atom stereocenters. The van der Waals surface area contributed by atoms with E-state index in [0.29, 0.717) is 25.1 Å². The lowest BCUT2D eigenvalue weighted by Gasteiger charge is -2.40. The molecule has 3 rings (SSSR count). The van der Waals surface area contributed by atoms with Crippen LogP contribution >= 0.6 is 0 Å². The van der Waals surface area contributed by atoms with Crippen molar-refractivity contribution >= 4 is 5.69 Å². The van der Waals surface area contributed by atoms with E-state index in [1.807, 2.05) is 0 Å². The molecule has 2 aromatic carbocycles. The Bertz CT molecular complexity index is 1250. The molecule has 1 heterocycles. The summed E-state index contributed by atoms with van der Waals surface area (Å²) in [6.45, 7) is -0.686.